The predicted octanol–water partition coefficient (Wildman–Crippen LogP) is 3.50. The monoisotopic (exact) mass is 350 g/mol. The summed E-state index contributed by atoms with van der Waals surface area (Å²) >= 11 is 6.11. The van der Waals surface area contributed by atoms with Gasteiger partial charge in [0.05, 0.1) is 12.7 Å². The van der Waals surface area contributed by atoms with E-state index in [0.29, 0.717) is 17.3 Å². The van der Waals surface area contributed by atoms with E-state index in [1.54, 1.807) is 19.2 Å². The van der Waals surface area contributed by atoms with E-state index in [4.69, 9.17) is 16.3 Å². The van der Waals surface area contributed by atoms with Crippen molar-refractivity contribution in [3.8, 4) is 0 Å². The highest BCUT2D eigenvalue weighted by Crippen LogP contribution is 2.31. The SMILES string of the molecule is CNc1c(Cl)ncnc1N1CCC(OCc2ccccc2F)CC1. The van der Waals surface area contributed by atoms with E-state index in [1.807, 2.05) is 6.07 Å². The molecule has 0 aliphatic carbocycles. The van der Waals surface area contributed by atoms with Crippen LogP contribution in [0.1, 0.15) is 18.4 Å². The van der Waals surface area contributed by atoms with Crippen LogP contribution in [0.15, 0.2) is 30.6 Å². The van der Waals surface area contributed by atoms with Crippen molar-refractivity contribution >= 4 is 23.1 Å². The maximum absolute atomic E-state index is 13.6. The molecule has 1 N–H and O–H groups in total. The molecule has 5 nitrogen and oxygen atoms in total. The summed E-state index contributed by atoms with van der Waals surface area (Å²) in [7, 11) is 1.80. The van der Waals surface area contributed by atoms with E-state index in [2.05, 4.69) is 20.2 Å². The second kappa shape index (κ2) is 7.77. The Hall–Kier alpha value is -1.92. The highest BCUT2D eigenvalue weighted by atomic mass is 35.5. The summed E-state index contributed by atoms with van der Waals surface area (Å²) < 4.78 is 19.5. The van der Waals surface area contributed by atoms with Crippen molar-refractivity contribution in [1.29, 1.82) is 0 Å². The zero-order chi connectivity index (χ0) is 16.9. The van der Waals surface area contributed by atoms with Gasteiger partial charge in [0.2, 0.25) is 0 Å². The molecule has 128 valence electrons. The van der Waals surface area contributed by atoms with Gasteiger partial charge in [-0.05, 0) is 18.9 Å². The average Bonchev–Trinajstić information content (AvgIpc) is 2.61. The van der Waals surface area contributed by atoms with Crippen LogP contribution in [-0.2, 0) is 11.3 Å². The van der Waals surface area contributed by atoms with Crippen LogP contribution in [0.2, 0.25) is 5.15 Å². The summed E-state index contributed by atoms with van der Waals surface area (Å²) in [6.45, 7) is 1.92. The number of hydrogen-bond donors (Lipinski definition) is 1. The lowest BCUT2D eigenvalue weighted by atomic mass is 10.1. The smallest absolute Gasteiger partial charge is 0.157 e. The van der Waals surface area contributed by atoms with Gasteiger partial charge in [-0.25, -0.2) is 14.4 Å². The van der Waals surface area contributed by atoms with Crippen LogP contribution in [0.25, 0.3) is 0 Å². The van der Waals surface area contributed by atoms with Gasteiger partial charge in [0, 0.05) is 25.7 Å². The minimum Gasteiger partial charge on any atom is -0.383 e. The fourth-order valence-electron chi connectivity index (χ4n) is 2.87. The summed E-state index contributed by atoms with van der Waals surface area (Å²) in [4.78, 5) is 10.5. The molecule has 0 amide bonds. The molecule has 0 spiro atoms. The van der Waals surface area contributed by atoms with E-state index in [-0.39, 0.29) is 11.9 Å². The van der Waals surface area contributed by atoms with Crippen LogP contribution in [0, 0.1) is 5.82 Å². The van der Waals surface area contributed by atoms with E-state index in [1.165, 1.54) is 12.4 Å². The van der Waals surface area contributed by atoms with Gasteiger partial charge in [-0.15, -0.1) is 0 Å². The highest BCUT2D eigenvalue weighted by molar-refractivity contribution is 6.32. The Morgan fingerprint density at radius 1 is 1.29 bits per heavy atom. The lowest BCUT2D eigenvalue weighted by molar-refractivity contribution is 0.0237. The molecule has 2 heterocycles. The van der Waals surface area contributed by atoms with Gasteiger partial charge in [-0.2, -0.15) is 0 Å². The minimum atomic E-state index is -0.218. The van der Waals surface area contributed by atoms with Gasteiger partial charge in [-0.3, -0.25) is 0 Å². The van der Waals surface area contributed by atoms with Crippen molar-refractivity contribution in [2.45, 2.75) is 25.6 Å². The second-order valence-electron chi connectivity index (χ2n) is 5.70. The van der Waals surface area contributed by atoms with Crippen LogP contribution in [0.5, 0.6) is 0 Å². The highest BCUT2D eigenvalue weighted by Gasteiger charge is 2.23. The fourth-order valence-corrected chi connectivity index (χ4v) is 3.09. The number of ether oxygens (including phenoxy) is 1. The van der Waals surface area contributed by atoms with E-state index < -0.39 is 0 Å². The van der Waals surface area contributed by atoms with Crippen molar-refractivity contribution in [2.75, 3.05) is 30.4 Å². The standard InChI is InChI=1S/C17H20ClFN4O/c1-20-15-16(18)21-11-22-17(15)23-8-6-13(7-9-23)24-10-12-4-2-3-5-14(12)19/h2-5,11,13,20H,6-10H2,1H3. The number of aromatic nitrogens is 2. The van der Waals surface area contributed by atoms with Crippen LogP contribution in [0.3, 0.4) is 0 Å². The zero-order valence-corrected chi connectivity index (χ0v) is 14.3. The molecule has 7 heteroatoms. The number of rotatable bonds is 5. The largest absolute Gasteiger partial charge is 0.383 e. The quantitative estimate of drug-likeness (QED) is 0.836. The van der Waals surface area contributed by atoms with Crippen LogP contribution < -0.4 is 10.2 Å². The molecule has 3 rings (SSSR count). The lowest BCUT2D eigenvalue weighted by Crippen LogP contribution is -2.38. The number of benzene rings is 1. The van der Waals surface area contributed by atoms with Crippen LogP contribution in [0.4, 0.5) is 15.9 Å². The maximum Gasteiger partial charge on any atom is 0.157 e. The minimum absolute atomic E-state index is 0.121. The summed E-state index contributed by atoms with van der Waals surface area (Å²) in [5.41, 5.74) is 1.34. The van der Waals surface area contributed by atoms with Gasteiger partial charge in [0.1, 0.15) is 17.8 Å². The van der Waals surface area contributed by atoms with Crippen molar-refractivity contribution in [3.63, 3.8) is 0 Å². The summed E-state index contributed by atoms with van der Waals surface area (Å²) in [5, 5.41) is 3.47. The van der Waals surface area contributed by atoms with Crippen molar-refractivity contribution < 1.29 is 9.13 Å². The first-order chi connectivity index (χ1) is 11.7. The first-order valence-electron chi connectivity index (χ1n) is 7.97. The Kier molecular flexibility index (Phi) is 5.48. The molecule has 1 aliphatic heterocycles. The molecule has 0 radical (unpaired) electrons. The zero-order valence-electron chi connectivity index (χ0n) is 13.5. The molecule has 2 aromatic rings. The molecule has 1 aromatic heterocycles. The molecular weight excluding hydrogens is 331 g/mol. The summed E-state index contributed by atoms with van der Waals surface area (Å²) in [6, 6.07) is 6.72. The Bertz CT molecular complexity index is 692. The topological polar surface area (TPSA) is 50.3 Å². The lowest BCUT2D eigenvalue weighted by Gasteiger charge is -2.33. The molecule has 1 fully saturated rings. The first-order valence-corrected chi connectivity index (χ1v) is 8.35. The van der Waals surface area contributed by atoms with Gasteiger partial charge < -0.3 is 15.0 Å². The molecule has 24 heavy (non-hydrogen) atoms. The number of hydrogen-bond acceptors (Lipinski definition) is 5. The normalized spacial score (nSPS) is 15.5. The third-order valence-electron chi connectivity index (χ3n) is 4.20. The Morgan fingerprint density at radius 3 is 2.75 bits per heavy atom. The summed E-state index contributed by atoms with van der Waals surface area (Å²) in [5.74, 6) is 0.592. The van der Waals surface area contributed by atoms with Crippen LogP contribution >= 0.6 is 11.6 Å². The molecule has 1 aliphatic rings. The van der Waals surface area contributed by atoms with Crippen molar-refractivity contribution in [1.82, 2.24) is 9.97 Å². The van der Waals surface area contributed by atoms with Gasteiger partial charge >= 0.3 is 0 Å². The Balaban J connectivity index is 1.56. The molecule has 0 unspecified atom stereocenters. The molecule has 0 atom stereocenters. The van der Waals surface area contributed by atoms with Gasteiger partial charge in [0.25, 0.3) is 0 Å². The Morgan fingerprint density at radius 2 is 2.04 bits per heavy atom. The molecule has 1 saturated heterocycles. The number of piperidine rings is 1. The van der Waals surface area contributed by atoms with E-state index in [0.717, 1.165) is 37.4 Å². The maximum atomic E-state index is 13.6. The number of anilines is 2. The second-order valence-corrected chi connectivity index (χ2v) is 6.06. The van der Waals surface area contributed by atoms with E-state index in [9.17, 15) is 4.39 Å². The molecule has 0 saturated carbocycles. The van der Waals surface area contributed by atoms with Crippen LogP contribution in [-0.4, -0.2) is 36.2 Å². The number of nitrogens with zero attached hydrogens (tertiary/aromatic N) is 3. The first kappa shape index (κ1) is 16.9. The van der Waals surface area contributed by atoms with Crippen molar-refractivity contribution in [3.05, 3.63) is 47.1 Å². The number of halogens is 2. The summed E-state index contributed by atoms with van der Waals surface area (Å²) in [6.07, 6.45) is 3.31. The predicted molar refractivity (Wildman–Crippen MR) is 93.0 cm³/mol. The number of nitrogens with one attached hydrogen (secondary N) is 1. The van der Waals surface area contributed by atoms with Gasteiger partial charge in [-0.1, -0.05) is 29.8 Å². The van der Waals surface area contributed by atoms with Crippen molar-refractivity contribution in [2.24, 2.45) is 0 Å². The molecule has 0 bridgehead atoms. The molecular formula is C17H20ClFN4O. The van der Waals surface area contributed by atoms with Gasteiger partial charge in [0.15, 0.2) is 11.0 Å². The third-order valence-corrected chi connectivity index (χ3v) is 4.49. The Labute approximate surface area is 145 Å². The average molecular weight is 351 g/mol. The van der Waals surface area contributed by atoms with E-state index >= 15 is 0 Å². The fraction of sp³-hybridized carbons (Fsp3) is 0.412. The molecule has 1 aromatic carbocycles. The third kappa shape index (κ3) is 3.76.